The second-order valence-corrected chi connectivity index (χ2v) is 4.10. The summed E-state index contributed by atoms with van der Waals surface area (Å²) < 4.78 is 5.02. The molecule has 1 atom stereocenters. The number of nitrogens with two attached hydrogens (primary N) is 1. The van der Waals surface area contributed by atoms with Crippen molar-refractivity contribution < 1.29 is 9.84 Å². The first kappa shape index (κ1) is 13.4. The highest BCUT2D eigenvalue weighted by Gasteiger charge is 2.08. The lowest BCUT2D eigenvalue weighted by molar-refractivity contribution is 0.270. The van der Waals surface area contributed by atoms with E-state index < -0.39 is 0 Å². The van der Waals surface area contributed by atoms with E-state index in [0.29, 0.717) is 28.0 Å². The molecule has 0 aliphatic rings. The molecule has 0 saturated heterocycles. The highest BCUT2D eigenvalue weighted by Crippen LogP contribution is 2.33. The molecule has 6 heteroatoms. The van der Waals surface area contributed by atoms with Gasteiger partial charge in [-0.2, -0.15) is 0 Å². The van der Waals surface area contributed by atoms with Gasteiger partial charge < -0.3 is 20.9 Å². The molecular weight excluding hydrogens is 251 g/mol. The van der Waals surface area contributed by atoms with Crippen LogP contribution >= 0.6 is 23.2 Å². The minimum Gasteiger partial charge on any atom is -0.495 e. The summed E-state index contributed by atoms with van der Waals surface area (Å²) in [5.41, 5.74) is 6.22. The Kier molecular flexibility index (Phi) is 5.15. The van der Waals surface area contributed by atoms with Crippen LogP contribution in [0, 0.1) is 0 Å². The van der Waals surface area contributed by atoms with Gasteiger partial charge in [0.05, 0.1) is 29.4 Å². The second kappa shape index (κ2) is 6.15. The van der Waals surface area contributed by atoms with E-state index in [1.54, 1.807) is 12.1 Å². The SMILES string of the molecule is COc1cc(Cl)c(NCC(N)CO)cc1Cl. The molecule has 0 fully saturated rings. The molecule has 0 radical (unpaired) electrons. The third-order valence-electron chi connectivity index (χ3n) is 2.03. The van der Waals surface area contributed by atoms with Gasteiger partial charge >= 0.3 is 0 Å². The number of nitrogens with one attached hydrogen (secondary N) is 1. The van der Waals surface area contributed by atoms with Crippen LogP contribution in [0.1, 0.15) is 0 Å². The number of anilines is 1. The lowest BCUT2D eigenvalue weighted by Gasteiger charge is -2.13. The van der Waals surface area contributed by atoms with E-state index in [0.717, 1.165) is 0 Å². The average molecular weight is 265 g/mol. The summed E-state index contributed by atoms with van der Waals surface area (Å²) in [6, 6.07) is 2.95. The molecule has 0 spiro atoms. The van der Waals surface area contributed by atoms with Gasteiger partial charge in [-0.15, -0.1) is 0 Å². The quantitative estimate of drug-likeness (QED) is 0.758. The Morgan fingerprint density at radius 3 is 2.69 bits per heavy atom. The monoisotopic (exact) mass is 264 g/mol. The van der Waals surface area contributed by atoms with Gasteiger partial charge in [-0.05, 0) is 6.07 Å². The lowest BCUT2D eigenvalue weighted by atomic mass is 10.2. The number of halogens is 2. The zero-order valence-corrected chi connectivity index (χ0v) is 10.3. The van der Waals surface area contributed by atoms with Crippen LogP contribution in [-0.2, 0) is 0 Å². The number of aliphatic hydroxyl groups is 1. The Morgan fingerprint density at radius 1 is 1.44 bits per heavy atom. The number of benzene rings is 1. The van der Waals surface area contributed by atoms with Gasteiger partial charge in [-0.1, -0.05) is 23.2 Å². The van der Waals surface area contributed by atoms with E-state index in [-0.39, 0.29) is 12.6 Å². The number of rotatable bonds is 5. The number of aliphatic hydroxyl groups excluding tert-OH is 1. The predicted octanol–water partition coefficient (Wildman–Crippen LogP) is 1.73. The van der Waals surface area contributed by atoms with Crippen LogP contribution in [0.25, 0.3) is 0 Å². The summed E-state index contributed by atoms with van der Waals surface area (Å²) in [5.74, 6) is 0.517. The van der Waals surface area contributed by atoms with Gasteiger partial charge in [0.15, 0.2) is 0 Å². The van der Waals surface area contributed by atoms with Crippen molar-refractivity contribution in [1.29, 1.82) is 0 Å². The molecule has 4 N–H and O–H groups in total. The minimum atomic E-state index is -0.336. The van der Waals surface area contributed by atoms with Gasteiger partial charge in [0.2, 0.25) is 0 Å². The summed E-state index contributed by atoms with van der Waals surface area (Å²) in [6.07, 6.45) is 0. The fourth-order valence-electron chi connectivity index (χ4n) is 1.13. The molecule has 1 aromatic carbocycles. The van der Waals surface area contributed by atoms with Crippen LogP contribution in [0.5, 0.6) is 5.75 Å². The zero-order valence-electron chi connectivity index (χ0n) is 8.84. The maximum absolute atomic E-state index is 8.77. The first-order chi connectivity index (χ1) is 7.58. The van der Waals surface area contributed by atoms with E-state index in [1.807, 2.05) is 0 Å². The maximum Gasteiger partial charge on any atom is 0.139 e. The number of methoxy groups -OCH3 is 1. The minimum absolute atomic E-state index is 0.0888. The fourth-order valence-corrected chi connectivity index (χ4v) is 1.59. The maximum atomic E-state index is 8.77. The van der Waals surface area contributed by atoms with E-state index in [1.165, 1.54) is 7.11 Å². The summed E-state index contributed by atoms with van der Waals surface area (Å²) in [7, 11) is 1.52. The fraction of sp³-hybridized carbons (Fsp3) is 0.400. The van der Waals surface area contributed by atoms with Crippen LogP contribution in [0.15, 0.2) is 12.1 Å². The summed E-state index contributed by atoms with van der Waals surface area (Å²) in [6.45, 7) is 0.327. The summed E-state index contributed by atoms with van der Waals surface area (Å²) in [5, 5.41) is 12.7. The van der Waals surface area contributed by atoms with Gasteiger partial charge in [0, 0.05) is 18.7 Å². The molecule has 0 aliphatic heterocycles. The van der Waals surface area contributed by atoms with Gasteiger partial charge in [0.25, 0.3) is 0 Å². The normalized spacial score (nSPS) is 12.3. The molecule has 1 aromatic rings. The van der Waals surface area contributed by atoms with E-state index in [4.69, 9.17) is 38.8 Å². The first-order valence-electron chi connectivity index (χ1n) is 4.71. The molecule has 90 valence electrons. The molecule has 0 aromatic heterocycles. The van der Waals surface area contributed by atoms with Gasteiger partial charge in [-0.3, -0.25) is 0 Å². The van der Waals surface area contributed by atoms with Crippen molar-refractivity contribution in [3.8, 4) is 5.75 Å². The van der Waals surface area contributed by atoms with Crippen molar-refractivity contribution in [3.63, 3.8) is 0 Å². The smallest absolute Gasteiger partial charge is 0.139 e. The highest BCUT2D eigenvalue weighted by atomic mass is 35.5. The van der Waals surface area contributed by atoms with Gasteiger partial charge in [-0.25, -0.2) is 0 Å². The van der Waals surface area contributed by atoms with Crippen LogP contribution in [-0.4, -0.2) is 31.4 Å². The Bertz CT molecular complexity index is 361. The van der Waals surface area contributed by atoms with Gasteiger partial charge in [0.1, 0.15) is 5.75 Å². The van der Waals surface area contributed by atoms with Crippen LogP contribution in [0.3, 0.4) is 0 Å². The molecule has 0 amide bonds. The number of hydrogen-bond donors (Lipinski definition) is 3. The Balaban J connectivity index is 2.77. The molecule has 0 bridgehead atoms. The molecular formula is C10H14Cl2N2O2. The van der Waals surface area contributed by atoms with Crippen LogP contribution in [0.4, 0.5) is 5.69 Å². The molecule has 1 rings (SSSR count). The Morgan fingerprint density at radius 2 is 2.12 bits per heavy atom. The van der Waals surface area contributed by atoms with Crippen molar-refractivity contribution in [2.45, 2.75) is 6.04 Å². The topological polar surface area (TPSA) is 67.5 Å². The van der Waals surface area contributed by atoms with Crippen molar-refractivity contribution >= 4 is 28.9 Å². The first-order valence-corrected chi connectivity index (χ1v) is 5.47. The molecule has 16 heavy (non-hydrogen) atoms. The number of hydrogen-bond acceptors (Lipinski definition) is 4. The zero-order chi connectivity index (χ0) is 12.1. The molecule has 0 saturated carbocycles. The largest absolute Gasteiger partial charge is 0.495 e. The van der Waals surface area contributed by atoms with E-state index in [9.17, 15) is 0 Å². The van der Waals surface area contributed by atoms with Crippen LogP contribution in [0.2, 0.25) is 10.0 Å². The van der Waals surface area contributed by atoms with Crippen molar-refractivity contribution in [2.75, 3.05) is 25.6 Å². The molecule has 1 unspecified atom stereocenters. The highest BCUT2D eigenvalue weighted by molar-refractivity contribution is 6.36. The second-order valence-electron chi connectivity index (χ2n) is 3.29. The lowest BCUT2D eigenvalue weighted by Crippen LogP contribution is -2.32. The molecule has 0 heterocycles. The van der Waals surface area contributed by atoms with Crippen molar-refractivity contribution in [2.24, 2.45) is 5.73 Å². The molecule has 0 aliphatic carbocycles. The van der Waals surface area contributed by atoms with Crippen LogP contribution < -0.4 is 15.8 Å². The summed E-state index contributed by atoms with van der Waals surface area (Å²) in [4.78, 5) is 0. The Labute approximate surface area is 104 Å². The molecule has 4 nitrogen and oxygen atoms in total. The van der Waals surface area contributed by atoms with E-state index >= 15 is 0 Å². The third kappa shape index (κ3) is 3.42. The predicted molar refractivity (Wildman–Crippen MR) is 66.6 cm³/mol. The van der Waals surface area contributed by atoms with Crippen molar-refractivity contribution in [1.82, 2.24) is 0 Å². The van der Waals surface area contributed by atoms with E-state index in [2.05, 4.69) is 5.32 Å². The summed E-state index contributed by atoms with van der Waals surface area (Å²) >= 11 is 11.9. The third-order valence-corrected chi connectivity index (χ3v) is 2.64. The Hall–Kier alpha value is -0.680. The average Bonchev–Trinajstić information content (AvgIpc) is 2.29. The van der Waals surface area contributed by atoms with Crippen molar-refractivity contribution in [3.05, 3.63) is 22.2 Å². The standard InChI is InChI=1S/C10H14Cl2N2O2/c1-16-10-3-7(11)9(2-8(10)12)14-4-6(13)5-15/h2-3,6,14-15H,4-5,13H2,1H3. The number of ether oxygens (including phenoxy) is 1.